The van der Waals surface area contributed by atoms with Crippen LogP contribution >= 0.6 is 11.6 Å². The fourth-order valence-electron chi connectivity index (χ4n) is 1.47. The molecule has 0 N–H and O–H groups in total. The Bertz CT molecular complexity index is 501. The van der Waals surface area contributed by atoms with Gasteiger partial charge in [-0.2, -0.15) is 0 Å². The van der Waals surface area contributed by atoms with Crippen molar-refractivity contribution >= 4 is 17.3 Å². The van der Waals surface area contributed by atoms with Gasteiger partial charge in [-0.1, -0.05) is 17.7 Å². The van der Waals surface area contributed by atoms with E-state index in [0.29, 0.717) is 11.7 Å². The minimum Gasteiger partial charge on any atom is -0.369 e. The average Bonchev–Trinajstić information content (AvgIpc) is 2.32. The van der Waals surface area contributed by atoms with E-state index in [0.717, 1.165) is 11.4 Å². The first-order valence-corrected chi connectivity index (χ1v) is 5.46. The Hall–Kier alpha value is -1.68. The number of benzene rings is 1. The fourth-order valence-corrected chi connectivity index (χ4v) is 1.57. The van der Waals surface area contributed by atoms with Gasteiger partial charge in [0.05, 0.1) is 24.6 Å². The van der Waals surface area contributed by atoms with Gasteiger partial charge in [-0.3, -0.25) is 4.98 Å². The SMILES string of the molecule is CN(Cc1cnc(Cl)cn1)c1cccc(F)c1. The maximum atomic E-state index is 13.0. The van der Waals surface area contributed by atoms with E-state index in [1.807, 2.05) is 18.0 Å². The molecule has 2 rings (SSSR count). The summed E-state index contributed by atoms with van der Waals surface area (Å²) in [6.45, 7) is 0.549. The van der Waals surface area contributed by atoms with Gasteiger partial charge >= 0.3 is 0 Å². The molecule has 88 valence electrons. The fraction of sp³-hybridized carbons (Fsp3) is 0.167. The lowest BCUT2D eigenvalue weighted by atomic mass is 10.3. The lowest BCUT2D eigenvalue weighted by molar-refractivity contribution is 0.627. The first-order chi connectivity index (χ1) is 8.15. The molecule has 5 heteroatoms. The zero-order valence-corrected chi connectivity index (χ0v) is 10.0. The van der Waals surface area contributed by atoms with Crippen LogP contribution in [0.2, 0.25) is 5.15 Å². The van der Waals surface area contributed by atoms with Crippen LogP contribution in [0.25, 0.3) is 0 Å². The molecule has 0 radical (unpaired) electrons. The third kappa shape index (κ3) is 3.14. The topological polar surface area (TPSA) is 29.0 Å². The summed E-state index contributed by atoms with van der Waals surface area (Å²) >= 11 is 5.65. The summed E-state index contributed by atoms with van der Waals surface area (Å²) in [6.07, 6.45) is 3.11. The number of rotatable bonds is 3. The molecule has 0 bridgehead atoms. The number of anilines is 1. The Kier molecular flexibility index (Phi) is 3.54. The highest BCUT2D eigenvalue weighted by Gasteiger charge is 2.04. The van der Waals surface area contributed by atoms with Crippen LogP contribution in [0.4, 0.5) is 10.1 Å². The number of hydrogen-bond acceptors (Lipinski definition) is 3. The van der Waals surface area contributed by atoms with Crippen LogP contribution in [0.1, 0.15) is 5.69 Å². The second kappa shape index (κ2) is 5.10. The monoisotopic (exact) mass is 251 g/mol. The van der Waals surface area contributed by atoms with Gasteiger partial charge in [0, 0.05) is 12.7 Å². The Morgan fingerprint density at radius 1 is 1.29 bits per heavy atom. The van der Waals surface area contributed by atoms with Crippen molar-refractivity contribution in [1.82, 2.24) is 9.97 Å². The minimum atomic E-state index is -0.253. The van der Waals surface area contributed by atoms with Gasteiger partial charge in [-0.25, -0.2) is 9.37 Å². The van der Waals surface area contributed by atoms with Crippen LogP contribution < -0.4 is 4.90 Å². The van der Waals surface area contributed by atoms with Crippen LogP contribution in [0.15, 0.2) is 36.7 Å². The third-order valence-electron chi connectivity index (χ3n) is 2.32. The van der Waals surface area contributed by atoms with E-state index < -0.39 is 0 Å². The molecule has 1 heterocycles. The molecule has 0 amide bonds. The van der Waals surface area contributed by atoms with Gasteiger partial charge in [-0.15, -0.1) is 0 Å². The average molecular weight is 252 g/mol. The van der Waals surface area contributed by atoms with Crippen molar-refractivity contribution in [3.63, 3.8) is 0 Å². The molecule has 0 aliphatic rings. The minimum absolute atomic E-state index is 0.253. The molecule has 0 spiro atoms. The molecule has 0 aliphatic carbocycles. The molecule has 1 aromatic carbocycles. The standard InChI is InChI=1S/C12H11ClFN3/c1-17(11-4-2-3-9(14)5-11)8-10-6-16-12(13)7-15-10/h2-7H,8H2,1H3. The van der Waals surface area contributed by atoms with Gasteiger partial charge in [0.1, 0.15) is 11.0 Å². The third-order valence-corrected chi connectivity index (χ3v) is 2.52. The lowest BCUT2D eigenvalue weighted by Crippen LogP contribution is -2.17. The summed E-state index contributed by atoms with van der Waals surface area (Å²) in [5.41, 5.74) is 1.57. The Morgan fingerprint density at radius 3 is 2.76 bits per heavy atom. The van der Waals surface area contributed by atoms with Gasteiger partial charge < -0.3 is 4.90 Å². The van der Waals surface area contributed by atoms with E-state index in [1.165, 1.54) is 18.3 Å². The van der Waals surface area contributed by atoms with Gasteiger partial charge in [-0.05, 0) is 18.2 Å². The summed E-state index contributed by atoms with van der Waals surface area (Å²) in [5.74, 6) is -0.253. The smallest absolute Gasteiger partial charge is 0.147 e. The van der Waals surface area contributed by atoms with E-state index >= 15 is 0 Å². The second-order valence-corrected chi connectivity index (χ2v) is 4.05. The lowest BCUT2D eigenvalue weighted by Gasteiger charge is -2.18. The van der Waals surface area contributed by atoms with E-state index in [1.54, 1.807) is 12.3 Å². The van der Waals surface area contributed by atoms with Crippen LogP contribution in [0, 0.1) is 5.82 Å². The normalized spacial score (nSPS) is 10.3. The molecular formula is C12H11ClFN3. The number of halogens is 2. The van der Waals surface area contributed by atoms with Crippen LogP contribution in [-0.2, 0) is 6.54 Å². The predicted molar refractivity (Wildman–Crippen MR) is 65.5 cm³/mol. The molecule has 0 atom stereocenters. The summed E-state index contributed by atoms with van der Waals surface area (Å²) < 4.78 is 13.0. The van der Waals surface area contributed by atoms with Gasteiger partial charge in [0.15, 0.2) is 0 Å². The highest BCUT2D eigenvalue weighted by Crippen LogP contribution is 2.15. The second-order valence-electron chi connectivity index (χ2n) is 3.67. The van der Waals surface area contributed by atoms with Crippen LogP contribution in [0.5, 0.6) is 0 Å². The number of nitrogens with zero attached hydrogens (tertiary/aromatic N) is 3. The van der Waals surface area contributed by atoms with Crippen molar-refractivity contribution in [2.75, 3.05) is 11.9 Å². The Balaban J connectivity index is 2.11. The molecule has 0 saturated carbocycles. The zero-order valence-electron chi connectivity index (χ0n) is 9.27. The van der Waals surface area contributed by atoms with E-state index in [2.05, 4.69) is 9.97 Å². The molecule has 0 unspecified atom stereocenters. The van der Waals surface area contributed by atoms with Crippen molar-refractivity contribution in [3.05, 3.63) is 53.3 Å². The molecule has 2 aromatic rings. The summed E-state index contributed by atoms with van der Waals surface area (Å²) in [7, 11) is 1.87. The molecule has 17 heavy (non-hydrogen) atoms. The summed E-state index contributed by atoms with van der Waals surface area (Å²) in [4.78, 5) is 9.97. The van der Waals surface area contributed by atoms with E-state index in [4.69, 9.17) is 11.6 Å². The first-order valence-electron chi connectivity index (χ1n) is 5.08. The molecular weight excluding hydrogens is 241 g/mol. The van der Waals surface area contributed by atoms with Crippen molar-refractivity contribution in [2.24, 2.45) is 0 Å². The number of hydrogen-bond donors (Lipinski definition) is 0. The van der Waals surface area contributed by atoms with Crippen molar-refractivity contribution in [3.8, 4) is 0 Å². The first kappa shape index (κ1) is 11.8. The Morgan fingerprint density at radius 2 is 2.12 bits per heavy atom. The summed E-state index contributed by atoms with van der Waals surface area (Å²) in [5, 5.41) is 0.363. The van der Waals surface area contributed by atoms with Gasteiger partial charge in [0.25, 0.3) is 0 Å². The molecule has 0 fully saturated rings. The zero-order chi connectivity index (χ0) is 12.3. The molecule has 3 nitrogen and oxygen atoms in total. The molecule has 1 aromatic heterocycles. The van der Waals surface area contributed by atoms with Crippen molar-refractivity contribution in [1.29, 1.82) is 0 Å². The van der Waals surface area contributed by atoms with Gasteiger partial charge in [0.2, 0.25) is 0 Å². The maximum Gasteiger partial charge on any atom is 0.147 e. The van der Waals surface area contributed by atoms with E-state index in [9.17, 15) is 4.39 Å². The summed E-state index contributed by atoms with van der Waals surface area (Å²) in [6, 6.07) is 6.41. The quantitative estimate of drug-likeness (QED) is 0.840. The van der Waals surface area contributed by atoms with Crippen LogP contribution in [-0.4, -0.2) is 17.0 Å². The maximum absolute atomic E-state index is 13.0. The van der Waals surface area contributed by atoms with Crippen LogP contribution in [0.3, 0.4) is 0 Å². The van der Waals surface area contributed by atoms with Crippen molar-refractivity contribution in [2.45, 2.75) is 6.54 Å². The molecule has 0 saturated heterocycles. The predicted octanol–water partition coefficient (Wildman–Crippen LogP) is 2.91. The molecule has 0 aliphatic heterocycles. The highest BCUT2D eigenvalue weighted by molar-refractivity contribution is 6.29. The van der Waals surface area contributed by atoms with Crippen molar-refractivity contribution < 1.29 is 4.39 Å². The van der Waals surface area contributed by atoms with E-state index in [-0.39, 0.29) is 5.82 Å². The highest BCUT2D eigenvalue weighted by atomic mass is 35.5. The Labute approximate surface area is 104 Å². The largest absolute Gasteiger partial charge is 0.369 e. The number of aromatic nitrogens is 2.